The fraction of sp³-hybridized carbons (Fsp3) is 0.111. The van der Waals surface area contributed by atoms with Gasteiger partial charge in [-0.3, -0.25) is 0 Å². The van der Waals surface area contributed by atoms with E-state index in [0.717, 1.165) is 17.7 Å². The lowest BCUT2D eigenvalue weighted by Gasteiger charge is -2.07. The molecule has 0 atom stereocenters. The Morgan fingerprint density at radius 2 is 1.96 bits per heavy atom. The second-order valence-corrected chi connectivity index (χ2v) is 7.35. The van der Waals surface area contributed by atoms with Crippen molar-refractivity contribution in [3.8, 4) is 28.5 Å². The van der Waals surface area contributed by atoms with Crippen LogP contribution in [-0.4, -0.2) is 18.7 Å². The summed E-state index contributed by atoms with van der Waals surface area (Å²) in [7, 11) is -4.21. The number of sulfonamides is 1. The van der Waals surface area contributed by atoms with E-state index in [1.165, 1.54) is 6.07 Å². The Morgan fingerprint density at radius 3 is 2.56 bits per heavy atom. The van der Waals surface area contributed by atoms with Gasteiger partial charge in [-0.25, -0.2) is 17.9 Å². The van der Waals surface area contributed by atoms with Crippen LogP contribution in [-0.2, 0) is 16.6 Å². The molecule has 0 bridgehead atoms. The lowest BCUT2D eigenvalue weighted by atomic mass is 9.97. The summed E-state index contributed by atoms with van der Waals surface area (Å²) in [5.41, 5.74) is 2.58. The predicted molar refractivity (Wildman–Crippen MR) is 94.1 cm³/mol. The molecule has 0 saturated heterocycles. The minimum atomic E-state index is -4.21. The number of hydrogen-bond donors (Lipinski definition) is 2. The van der Waals surface area contributed by atoms with Gasteiger partial charge in [-0.1, -0.05) is 23.4 Å². The molecular weight excluding hydrogens is 373 g/mol. The number of nitrogens with zero attached hydrogens (tertiary/aromatic N) is 2. The number of aliphatic hydroxyl groups is 1. The van der Waals surface area contributed by atoms with E-state index in [9.17, 15) is 23.2 Å². The summed E-state index contributed by atoms with van der Waals surface area (Å²) in [6, 6.07) is 10.5. The zero-order valence-corrected chi connectivity index (χ0v) is 14.9. The maximum atomic E-state index is 14.3. The third kappa shape index (κ3) is 3.46. The van der Waals surface area contributed by atoms with E-state index in [1.54, 1.807) is 25.1 Å². The molecule has 1 aromatic heterocycles. The number of aromatic nitrogens is 1. The van der Waals surface area contributed by atoms with Crippen LogP contribution in [0.3, 0.4) is 0 Å². The number of hydrogen-bond acceptors (Lipinski definition) is 6. The van der Waals surface area contributed by atoms with Crippen LogP contribution in [0.15, 0.2) is 45.8 Å². The fourth-order valence-corrected chi connectivity index (χ4v) is 3.29. The van der Waals surface area contributed by atoms with Gasteiger partial charge in [0.1, 0.15) is 23.0 Å². The fourth-order valence-electron chi connectivity index (χ4n) is 2.70. The molecule has 138 valence electrons. The smallest absolute Gasteiger partial charge is 0.240 e. The van der Waals surface area contributed by atoms with Gasteiger partial charge in [0.25, 0.3) is 0 Å². The van der Waals surface area contributed by atoms with Crippen molar-refractivity contribution in [2.45, 2.75) is 18.4 Å². The van der Waals surface area contributed by atoms with Gasteiger partial charge >= 0.3 is 0 Å². The van der Waals surface area contributed by atoms with Crippen LogP contribution < -0.4 is 5.14 Å². The largest absolute Gasteiger partial charge is 0.388 e. The topological polar surface area (TPSA) is 130 Å². The van der Waals surface area contributed by atoms with Crippen LogP contribution in [0.5, 0.6) is 0 Å². The minimum Gasteiger partial charge on any atom is -0.388 e. The first-order valence-corrected chi connectivity index (χ1v) is 9.24. The van der Waals surface area contributed by atoms with Crippen LogP contribution in [0.25, 0.3) is 22.4 Å². The SMILES string of the molecule is Cc1ccc(-c2noc(CO)c2-c2ccc(S(N)(=O)=O)c(F)c2)cc1C#N. The van der Waals surface area contributed by atoms with E-state index in [-0.39, 0.29) is 11.3 Å². The second-order valence-electron chi connectivity index (χ2n) is 5.82. The van der Waals surface area contributed by atoms with E-state index in [0.29, 0.717) is 22.4 Å². The van der Waals surface area contributed by atoms with E-state index in [1.807, 2.05) is 0 Å². The van der Waals surface area contributed by atoms with Crippen molar-refractivity contribution in [3.63, 3.8) is 0 Å². The van der Waals surface area contributed by atoms with Crippen LogP contribution in [0.1, 0.15) is 16.9 Å². The van der Waals surface area contributed by atoms with E-state index in [2.05, 4.69) is 11.2 Å². The summed E-state index contributed by atoms with van der Waals surface area (Å²) in [5, 5.41) is 27.7. The summed E-state index contributed by atoms with van der Waals surface area (Å²) in [4.78, 5) is -0.642. The molecule has 3 aromatic rings. The first-order valence-electron chi connectivity index (χ1n) is 7.69. The molecule has 27 heavy (non-hydrogen) atoms. The van der Waals surface area contributed by atoms with Crippen LogP contribution in [0.2, 0.25) is 0 Å². The molecule has 0 spiro atoms. The van der Waals surface area contributed by atoms with Crippen molar-refractivity contribution in [1.82, 2.24) is 5.16 Å². The summed E-state index contributed by atoms with van der Waals surface area (Å²) >= 11 is 0. The summed E-state index contributed by atoms with van der Waals surface area (Å²) < 4.78 is 42.2. The lowest BCUT2D eigenvalue weighted by molar-refractivity contribution is 0.230. The van der Waals surface area contributed by atoms with Crippen molar-refractivity contribution in [1.29, 1.82) is 5.26 Å². The predicted octanol–water partition coefficient (Wildman–Crippen LogP) is 2.47. The maximum absolute atomic E-state index is 14.3. The quantitative estimate of drug-likeness (QED) is 0.707. The van der Waals surface area contributed by atoms with E-state index >= 15 is 0 Å². The summed E-state index contributed by atoms with van der Waals surface area (Å²) in [5.74, 6) is -0.959. The Balaban J connectivity index is 2.22. The lowest BCUT2D eigenvalue weighted by Crippen LogP contribution is -2.14. The number of benzene rings is 2. The van der Waals surface area contributed by atoms with Gasteiger partial charge in [0.05, 0.1) is 17.2 Å². The third-order valence-corrected chi connectivity index (χ3v) is 5.01. The van der Waals surface area contributed by atoms with E-state index in [4.69, 9.17) is 9.66 Å². The van der Waals surface area contributed by atoms with Gasteiger partial charge in [0, 0.05) is 5.56 Å². The van der Waals surface area contributed by atoms with Crippen LogP contribution in [0, 0.1) is 24.1 Å². The highest BCUT2D eigenvalue weighted by molar-refractivity contribution is 7.89. The molecule has 0 aliphatic heterocycles. The van der Waals surface area contributed by atoms with Gasteiger partial charge in [0.2, 0.25) is 10.0 Å². The van der Waals surface area contributed by atoms with Crippen molar-refractivity contribution >= 4 is 10.0 Å². The molecule has 2 aromatic carbocycles. The maximum Gasteiger partial charge on any atom is 0.240 e. The second kappa shape index (κ2) is 6.92. The Hall–Kier alpha value is -3.06. The van der Waals surface area contributed by atoms with Crippen LogP contribution >= 0.6 is 0 Å². The Kier molecular flexibility index (Phi) is 4.80. The minimum absolute atomic E-state index is 0.0758. The van der Waals surface area contributed by atoms with Gasteiger partial charge in [0.15, 0.2) is 5.76 Å². The van der Waals surface area contributed by atoms with Crippen molar-refractivity contribution in [2.75, 3.05) is 0 Å². The molecule has 0 aliphatic carbocycles. The summed E-state index contributed by atoms with van der Waals surface area (Å²) in [6.07, 6.45) is 0. The first-order chi connectivity index (χ1) is 12.8. The molecule has 0 saturated carbocycles. The molecule has 0 fully saturated rings. The first kappa shape index (κ1) is 18.7. The third-order valence-electron chi connectivity index (χ3n) is 4.06. The number of rotatable bonds is 4. The Labute approximate surface area is 154 Å². The highest BCUT2D eigenvalue weighted by atomic mass is 32.2. The molecule has 0 amide bonds. The normalized spacial score (nSPS) is 11.4. The van der Waals surface area contributed by atoms with Gasteiger partial charge in [-0.2, -0.15) is 5.26 Å². The number of nitrogens with two attached hydrogens (primary N) is 1. The number of aliphatic hydroxyl groups excluding tert-OH is 1. The zero-order valence-electron chi connectivity index (χ0n) is 14.1. The Morgan fingerprint density at radius 1 is 1.26 bits per heavy atom. The molecule has 1 heterocycles. The average molecular weight is 387 g/mol. The Bertz CT molecular complexity index is 1180. The molecule has 3 N–H and O–H groups in total. The highest BCUT2D eigenvalue weighted by Crippen LogP contribution is 2.36. The zero-order chi connectivity index (χ0) is 19.8. The van der Waals surface area contributed by atoms with Gasteiger partial charge in [-0.05, 0) is 36.2 Å². The van der Waals surface area contributed by atoms with Gasteiger partial charge < -0.3 is 9.63 Å². The number of nitriles is 1. The molecular formula is C18H14FN3O4S. The number of aryl methyl sites for hydroxylation is 1. The van der Waals surface area contributed by atoms with Gasteiger partial charge in [-0.15, -0.1) is 0 Å². The standard InChI is InChI=1S/C18H14FN3O4S/c1-10-2-3-12(6-13(10)8-20)18-17(15(9-23)26-22-18)11-4-5-16(14(19)7-11)27(21,24)25/h2-7,23H,9H2,1H3,(H2,21,24,25). The monoisotopic (exact) mass is 387 g/mol. The highest BCUT2D eigenvalue weighted by Gasteiger charge is 2.22. The summed E-state index contributed by atoms with van der Waals surface area (Å²) in [6.45, 7) is 1.28. The molecule has 0 unspecified atom stereocenters. The molecule has 0 radical (unpaired) electrons. The van der Waals surface area contributed by atoms with Crippen molar-refractivity contribution in [2.24, 2.45) is 5.14 Å². The average Bonchev–Trinajstić information content (AvgIpc) is 3.05. The molecule has 3 rings (SSSR count). The van der Waals surface area contributed by atoms with Crippen molar-refractivity contribution in [3.05, 3.63) is 59.1 Å². The number of halogens is 1. The number of primary sulfonamides is 1. The molecule has 9 heteroatoms. The van der Waals surface area contributed by atoms with E-state index < -0.39 is 27.3 Å². The molecule has 7 nitrogen and oxygen atoms in total. The molecule has 0 aliphatic rings. The van der Waals surface area contributed by atoms with Crippen molar-refractivity contribution < 1.29 is 22.4 Å². The van der Waals surface area contributed by atoms with Crippen LogP contribution in [0.4, 0.5) is 4.39 Å².